The number of sulfonamides is 1. The summed E-state index contributed by atoms with van der Waals surface area (Å²) in [6, 6.07) is 12.6. The lowest BCUT2D eigenvalue weighted by atomic mass is 10.2. The van der Waals surface area contributed by atoms with Gasteiger partial charge in [-0.2, -0.15) is 4.31 Å². The van der Waals surface area contributed by atoms with E-state index >= 15 is 0 Å². The van der Waals surface area contributed by atoms with E-state index in [1.165, 1.54) is 4.31 Å². The molecule has 1 aliphatic rings. The topological polar surface area (TPSA) is 62.6 Å². The molecule has 29 heavy (non-hydrogen) atoms. The first kappa shape index (κ1) is 20.4. The Hall–Kier alpha value is -1.87. The maximum atomic E-state index is 13.2. The molecule has 0 bridgehead atoms. The van der Waals surface area contributed by atoms with Gasteiger partial charge < -0.3 is 4.90 Å². The lowest BCUT2D eigenvalue weighted by molar-refractivity contribution is 0.385. The molecule has 3 aromatic rings. The van der Waals surface area contributed by atoms with Gasteiger partial charge in [0.1, 0.15) is 0 Å². The van der Waals surface area contributed by atoms with Gasteiger partial charge in [0.25, 0.3) is 0 Å². The Balaban J connectivity index is 1.55. The van der Waals surface area contributed by atoms with Crippen molar-refractivity contribution < 1.29 is 8.42 Å². The summed E-state index contributed by atoms with van der Waals surface area (Å²) in [6.07, 6.45) is 0.850. The maximum Gasteiger partial charge on any atom is 0.308 e. The molecular formula is C20H22ClN3O3S2. The van der Waals surface area contributed by atoms with Crippen LogP contribution in [0.2, 0.25) is 5.02 Å². The molecule has 2 heterocycles. The van der Waals surface area contributed by atoms with Crippen molar-refractivity contribution in [3.05, 3.63) is 57.2 Å². The van der Waals surface area contributed by atoms with Crippen LogP contribution < -0.4 is 9.77 Å². The second-order valence-corrected chi connectivity index (χ2v) is 10.4. The highest BCUT2D eigenvalue weighted by molar-refractivity contribution is 7.89. The Morgan fingerprint density at radius 2 is 1.83 bits per heavy atom. The number of hydrogen-bond acceptors (Lipinski definition) is 5. The van der Waals surface area contributed by atoms with Crippen molar-refractivity contribution in [3.63, 3.8) is 0 Å². The standard InChI is InChI=1S/C20H22ClN3O3S2/c1-2-8-24-18-7-6-17(14-19(18)28-20(24)25)29(26,27)23-11-9-22(10-12-23)16-5-3-4-15(21)13-16/h3-7,13-14H,2,8-12H2,1H3. The summed E-state index contributed by atoms with van der Waals surface area (Å²) in [7, 11) is -3.61. The van der Waals surface area contributed by atoms with Crippen molar-refractivity contribution in [2.45, 2.75) is 24.8 Å². The summed E-state index contributed by atoms with van der Waals surface area (Å²) in [5.74, 6) is 0. The largest absolute Gasteiger partial charge is 0.369 e. The molecular weight excluding hydrogens is 430 g/mol. The monoisotopic (exact) mass is 451 g/mol. The highest BCUT2D eigenvalue weighted by Gasteiger charge is 2.29. The van der Waals surface area contributed by atoms with E-state index in [2.05, 4.69) is 4.90 Å². The van der Waals surface area contributed by atoms with Crippen molar-refractivity contribution >= 4 is 48.9 Å². The summed E-state index contributed by atoms with van der Waals surface area (Å²) < 4.78 is 30.2. The predicted molar refractivity (Wildman–Crippen MR) is 119 cm³/mol. The van der Waals surface area contributed by atoms with E-state index in [0.29, 0.717) is 42.4 Å². The average Bonchev–Trinajstić information content (AvgIpc) is 3.03. The Morgan fingerprint density at radius 1 is 1.07 bits per heavy atom. The Bertz CT molecular complexity index is 1200. The van der Waals surface area contributed by atoms with Gasteiger partial charge in [0.15, 0.2) is 0 Å². The Morgan fingerprint density at radius 3 is 2.52 bits per heavy atom. The Labute approximate surface area is 179 Å². The first-order valence-electron chi connectivity index (χ1n) is 9.54. The molecule has 0 saturated carbocycles. The molecule has 2 aromatic carbocycles. The summed E-state index contributed by atoms with van der Waals surface area (Å²) in [5.41, 5.74) is 1.80. The third-order valence-electron chi connectivity index (χ3n) is 5.14. The minimum Gasteiger partial charge on any atom is -0.369 e. The normalized spacial score (nSPS) is 15.9. The molecule has 0 atom stereocenters. The van der Waals surface area contributed by atoms with Crippen LogP contribution >= 0.6 is 22.9 Å². The fourth-order valence-electron chi connectivity index (χ4n) is 3.65. The first-order valence-corrected chi connectivity index (χ1v) is 12.2. The van der Waals surface area contributed by atoms with Gasteiger partial charge in [0, 0.05) is 43.4 Å². The molecule has 0 unspecified atom stereocenters. The lowest BCUT2D eigenvalue weighted by Crippen LogP contribution is -2.48. The molecule has 1 saturated heterocycles. The molecule has 154 valence electrons. The van der Waals surface area contributed by atoms with Crippen LogP contribution in [0.3, 0.4) is 0 Å². The van der Waals surface area contributed by atoms with Gasteiger partial charge in [-0.05, 0) is 42.8 Å². The number of fused-ring (bicyclic) bond motifs is 1. The molecule has 0 spiro atoms. The number of halogens is 1. The van der Waals surface area contributed by atoms with Crippen molar-refractivity contribution in [2.75, 3.05) is 31.1 Å². The van der Waals surface area contributed by atoms with Crippen LogP contribution in [0.4, 0.5) is 5.69 Å². The second-order valence-electron chi connectivity index (χ2n) is 7.02. The SMILES string of the molecule is CCCn1c(=O)sc2cc(S(=O)(=O)N3CCN(c4cccc(Cl)c4)CC3)ccc21. The zero-order chi connectivity index (χ0) is 20.6. The van der Waals surface area contributed by atoms with E-state index in [1.807, 2.05) is 31.2 Å². The van der Waals surface area contributed by atoms with Gasteiger partial charge in [0.2, 0.25) is 10.0 Å². The van der Waals surface area contributed by atoms with E-state index < -0.39 is 10.0 Å². The maximum absolute atomic E-state index is 13.2. The molecule has 0 amide bonds. The Kier molecular flexibility index (Phi) is 5.70. The van der Waals surface area contributed by atoms with Gasteiger partial charge in [-0.3, -0.25) is 9.36 Å². The minimum absolute atomic E-state index is 0.0495. The molecule has 1 fully saturated rings. The van der Waals surface area contributed by atoms with Crippen molar-refractivity contribution in [1.82, 2.24) is 8.87 Å². The molecule has 4 rings (SSSR count). The summed E-state index contributed by atoms with van der Waals surface area (Å²) in [4.78, 5) is 14.5. The minimum atomic E-state index is -3.61. The van der Waals surface area contributed by atoms with E-state index in [0.717, 1.165) is 29.0 Å². The van der Waals surface area contributed by atoms with Crippen LogP contribution in [0.25, 0.3) is 10.2 Å². The number of piperazine rings is 1. The molecule has 0 N–H and O–H groups in total. The van der Waals surface area contributed by atoms with E-state index in [9.17, 15) is 13.2 Å². The third kappa shape index (κ3) is 3.94. The fraction of sp³-hybridized carbons (Fsp3) is 0.350. The highest BCUT2D eigenvalue weighted by atomic mass is 35.5. The predicted octanol–water partition coefficient (Wildman–Crippen LogP) is 3.64. The first-order chi connectivity index (χ1) is 13.9. The lowest BCUT2D eigenvalue weighted by Gasteiger charge is -2.35. The number of anilines is 1. The third-order valence-corrected chi connectivity index (χ3v) is 8.21. The summed E-state index contributed by atoms with van der Waals surface area (Å²) in [5, 5.41) is 0.667. The van der Waals surface area contributed by atoms with Crippen LogP contribution in [0.5, 0.6) is 0 Å². The van der Waals surface area contributed by atoms with E-state index in [-0.39, 0.29) is 9.77 Å². The van der Waals surface area contributed by atoms with Gasteiger partial charge in [-0.25, -0.2) is 8.42 Å². The fourth-order valence-corrected chi connectivity index (χ4v) is 6.32. The van der Waals surface area contributed by atoms with Crippen LogP contribution in [0.15, 0.2) is 52.2 Å². The quantitative estimate of drug-likeness (QED) is 0.594. The number of thiazole rings is 1. The van der Waals surface area contributed by atoms with E-state index in [1.54, 1.807) is 22.8 Å². The second kappa shape index (κ2) is 8.10. The molecule has 0 aliphatic carbocycles. The van der Waals surface area contributed by atoms with Gasteiger partial charge in [0.05, 0.1) is 15.1 Å². The van der Waals surface area contributed by atoms with Crippen molar-refractivity contribution in [1.29, 1.82) is 0 Å². The molecule has 1 aliphatic heterocycles. The zero-order valence-corrected chi connectivity index (χ0v) is 18.4. The molecule has 9 heteroatoms. The van der Waals surface area contributed by atoms with Crippen LogP contribution in [0.1, 0.15) is 13.3 Å². The van der Waals surface area contributed by atoms with Crippen LogP contribution in [0, 0.1) is 0 Å². The van der Waals surface area contributed by atoms with Crippen molar-refractivity contribution in [2.24, 2.45) is 0 Å². The van der Waals surface area contributed by atoms with Crippen molar-refractivity contribution in [3.8, 4) is 0 Å². The number of rotatable bonds is 5. The van der Waals surface area contributed by atoms with E-state index in [4.69, 9.17) is 11.6 Å². The van der Waals surface area contributed by atoms with Gasteiger partial charge in [-0.15, -0.1) is 0 Å². The number of aryl methyl sites for hydroxylation is 1. The smallest absolute Gasteiger partial charge is 0.308 e. The highest BCUT2D eigenvalue weighted by Crippen LogP contribution is 2.26. The number of hydrogen-bond donors (Lipinski definition) is 0. The number of nitrogens with zero attached hydrogens (tertiary/aromatic N) is 3. The average molecular weight is 452 g/mol. The van der Waals surface area contributed by atoms with Gasteiger partial charge in [-0.1, -0.05) is 35.9 Å². The summed E-state index contributed by atoms with van der Waals surface area (Å²) >= 11 is 7.17. The number of aromatic nitrogens is 1. The van der Waals surface area contributed by atoms with Crippen LogP contribution in [-0.2, 0) is 16.6 Å². The zero-order valence-electron chi connectivity index (χ0n) is 16.0. The van der Waals surface area contributed by atoms with Crippen LogP contribution in [-0.4, -0.2) is 43.5 Å². The molecule has 0 radical (unpaired) electrons. The molecule has 1 aromatic heterocycles. The summed E-state index contributed by atoms with van der Waals surface area (Å²) in [6.45, 7) is 4.65. The van der Waals surface area contributed by atoms with Gasteiger partial charge >= 0.3 is 4.87 Å². The molecule has 6 nitrogen and oxygen atoms in total. The number of benzene rings is 2.